The van der Waals surface area contributed by atoms with E-state index in [1.54, 1.807) is 0 Å². The van der Waals surface area contributed by atoms with Crippen LogP contribution in [0, 0.1) is 0 Å². The number of hydrogen-bond donors (Lipinski definition) is 4. The fourth-order valence-electron chi connectivity index (χ4n) is 1.76. The van der Waals surface area contributed by atoms with Crippen LogP contribution in [0.3, 0.4) is 0 Å². The van der Waals surface area contributed by atoms with E-state index in [0.29, 0.717) is 19.5 Å². The van der Waals surface area contributed by atoms with Gasteiger partial charge in [0.25, 0.3) is 0 Å². The second-order valence-corrected chi connectivity index (χ2v) is 4.47. The Bertz CT molecular complexity index is 412. The quantitative estimate of drug-likeness (QED) is 0.473. The van der Waals surface area contributed by atoms with Crippen LogP contribution in [-0.4, -0.2) is 59.5 Å². The number of urea groups is 1. The highest BCUT2D eigenvalue weighted by atomic mass is 16.4. The van der Waals surface area contributed by atoms with Crippen LogP contribution in [-0.2, 0) is 14.4 Å². The van der Waals surface area contributed by atoms with Crippen molar-refractivity contribution in [3.8, 4) is 0 Å². The normalized spacial score (nSPS) is 16.8. The summed E-state index contributed by atoms with van der Waals surface area (Å²) in [6.45, 7) is 0.716. The van der Waals surface area contributed by atoms with E-state index in [1.807, 2.05) is 0 Å². The number of nitrogens with zero attached hydrogens (tertiary/aromatic N) is 1. The molecule has 112 valence electrons. The molecule has 1 aliphatic rings. The average molecular weight is 286 g/mol. The van der Waals surface area contributed by atoms with Crippen LogP contribution >= 0.6 is 0 Å². The molecule has 0 spiro atoms. The Hall–Kier alpha value is -2.32. The Morgan fingerprint density at radius 2 is 2.15 bits per heavy atom. The molecule has 0 aromatic heterocycles. The molecule has 1 fully saturated rings. The molecule has 1 saturated heterocycles. The molecule has 0 unspecified atom stereocenters. The number of aliphatic carboxylic acids is 1. The summed E-state index contributed by atoms with van der Waals surface area (Å²) in [7, 11) is 0. The van der Waals surface area contributed by atoms with Gasteiger partial charge in [0.15, 0.2) is 0 Å². The van der Waals surface area contributed by atoms with E-state index in [0.717, 1.165) is 0 Å². The Kier molecular flexibility index (Phi) is 5.75. The van der Waals surface area contributed by atoms with Gasteiger partial charge < -0.3 is 26.4 Å². The molecule has 1 atom stereocenters. The van der Waals surface area contributed by atoms with E-state index in [9.17, 15) is 19.2 Å². The first-order chi connectivity index (χ1) is 9.40. The zero-order valence-electron chi connectivity index (χ0n) is 10.9. The van der Waals surface area contributed by atoms with Crippen molar-refractivity contribution in [1.82, 2.24) is 15.5 Å². The summed E-state index contributed by atoms with van der Waals surface area (Å²) in [4.78, 5) is 46.1. The zero-order chi connectivity index (χ0) is 15.1. The molecule has 0 radical (unpaired) electrons. The summed E-state index contributed by atoms with van der Waals surface area (Å²) < 4.78 is 0. The highest BCUT2D eigenvalue weighted by Gasteiger charge is 2.25. The summed E-state index contributed by atoms with van der Waals surface area (Å²) in [5.41, 5.74) is 4.95. The van der Waals surface area contributed by atoms with Crippen LogP contribution in [0.25, 0.3) is 0 Å². The predicted octanol–water partition coefficient (Wildman–Crippen LogP) is -1.76. The minimum Gasteiger partial charge on any atom is -0.480 e. The van der Waals surface area contributed by atoms with Crippen LogP contribution in [0.2, 0.25) is 0 Å². The number of hydrogen-bond acceptors (Lipinski definition) is 4. The molecular weight excluding hydrogens is 268 g/mol. The maximum Gasteiger partial charge on any atom is 0.326 e. The topological polar surface area (TPSA) is 142 Å². The summed E-state index contributed by atoms with van der Waals surface area (Å²) in [6.07, 6.45) is 0.367. The fraction of sp³-hybridized carbons (Fsp3) is 0.636. The number of primary amides is 1. The Morgan fingerprint density at radius 3 is 2.75 bits per heavy atom. The first kappa shape index (κ1) is 15.7. The largest absolute Gasteiger partial charge is 0.480 e. The number of amides is 4. The first-order valence-corrected chi connectivity index (χ1v) is 6.23. The molecule has 4 amide bonds. The lowest BCUT2D eigenvalue weighted by Crippen LogP contribution is -2.49. The lowest BCUT2D eigenvalue weighted by molar-refractivity contribution is -0.139. The molecule has 20 heavy (non-hydrogen) atoms. The lowest BCUT2D eigenvalue weighted by Gasteiger charge is -2.22. The molecule has 1 rings (SSSR count). The van der Waals surface area contributed by atoms with Crippen molar-refractivity contribution in [1.29, 1.82) is 0 Å². The second kappa shape index (κ2) is 7.31. The first-order valence-electron chi connectivity index (χ1n) is 6.23. The molecule has 0 aromatic carbocycles. The van der Waals surface area contributed by atoms with Gasteiger partial charge in [-0.05, 0) is 12.8 Å². The van der Waals surface area contributed by atoms with Crippen molar-refractivity contribution < 1.29 is 24.3 Å². The molecule has 0 saturated carbocycles. The van der Waals surface area contributed by atoms with Gasteiger partial charge in [0.2, 0.25) is 11.8 Å². The highest BCUT2D eigenvalue weighted by Crippen LogP contribution is 2.02. The van der Waals surface area contributed by atoms with Gasteiger partial charge in [-0.1, -0.05) is 0 Å². The van der Waals surface area contributed by atoms with Gasteiger partial charge >= 0.3 is 12.0 Å². The Balaban J connectivity index is 2.57. The number of rotatable bonds is 5. The number of nitrogens with two attached hydrogens (primary N) is 1. The summed E-state index contributed by atoms with van der Waals surface area (Å²) >= 11 is 0. The molecule has 5 N–H and O–H groups in total. The van der Waals surface area contributed by atoms with Gasteiger partial charge in [-0.15, -0.1) is 0 Å². The molecule has 0 aliphatic carbocycles. The molecule has 0 aromatic rings. The van der Waals surface area contributed by atoms with E-state index in [4.69, 9.17) is 10.8 Å². The summed E-state index contributed by atoms with van der Waals surface area (Å²) in [5, 5.41) is 13.9. The molecule has 9 nitrogen and oxygen atoms in total. The number of carboxylic acid groups (broad SMARTS) is 1. The smallest absolute Gasteiger partial charge is 0.326 e. The molecule has 1 heterocycles. The van der Waals surface area contributed by atoms with Gasteiger partial charge in [-0.2, -0.15) is 0 Å². The third kappa shape index (κ3) is 5.12. The van der Waals surface area contributed by atoms with E-state index in [-0.39, 0.29) is 25.3 Å². The second-order valence-electron chi connectivity index (χ2n) is 4.47. The highest BCUT2D eigenvalue weighted by molar-refractivity contribution is 5.87. The molecular formula is C11H18N4O5. The van der Waals surface area contributed by atoms with Gasteiger partial charge in [0, 0.05) is 19.5 Å². The van der Waals surface area contributed by atoms with Crippen molar-refractivity contribution in [2.45, 2.75) is 25.3 Å². The predicted molar refractivity (Wildman–Crippen MR) is 67.6 cm³/mol. The third-order valence-electron chi connectivity index (χ3n) is 2.82. The average Bonchev–Trinajstić information content (AvgIpc) is 2.58. The number of carboxylic acids is 1. The van der Waals surface area contributed by atoms with Crippen molar-refractivity contribution in [3.05, 3.63) is 0 Å². The Morgan fingerprint density at radius 1 is 1.45 bits per heavy atom. The van der Waals surface area contributed by atoms with Crippen molar-refractivity contribution in [2.24, 2.45) is 5.73 Å². The Labute approximate surface area is 115 Å². The minimum absolute atomic E-state index is 0.0869. The van der Waals surface area contributed by atoms with Crippen molar-refractivity contribution in [3.63, 3.8) is 0 Å². The summed E-state index contributed by atoms with van der Waals surface area (Å²) in [6, 6.07) is -1.85. The number of nitrogens with one attached hydrogen (secondary N) is 2. The molecule has 9 heteroatoms. The van der Waals surface area contributed by atoms with Crippen molar-refractivity contribution in [2.75, 3.05) is 19.6 Å². The SMILES string of the molecule is NC(=O)CC[C@H](NC(=O)N1CCCNC(=O)C1)C(=O)O. The van der Waals surface area contributed by atoms with Crippen LogP contribution in [0.5, 0.6) is 0 Å². The maximum atomic E-state index is 11.9. The van der Waals surface area contributed by atoms with E-state index in [2.05, 4.69) is 10.6 Å². The third-order valence-corrected chi connectivity index (χ3v) is 2.82. The number of carbonyl (C=O) groups is 4. The molecule has 1 aliphatic heterocycles. The van der Waals surface area contributed by atoms with Crippen molar-refractivity contribution >= 4 is 23.8 Å². The van der Waals surface area contributed by atoms with Crippen LogP contribution in [0.1, 0.15) is 19.3 Å². The van der Waals surface area contributed by atoms with Gasteiger partial charge in [0.05, 0.1) is 0 Å². The van der Waals surface area contributed by atoms with E-state index >= 15 is 0 Å². The van der Waals surface area contributed by atoms with Crippen LogP contribution < -0.4 is 16.4 Å². The maximum absolute atomic E-state index is 11.9. The standard InChI is InChI=1S/C11H18N4O5/c12-8(16)3-2-7(10(18)19)14-11(20)15-5-1-4-13-9(17)6-15/h7H,1-6H2,(H2,12,16)(H,13,17)(H,14,20)(H,18,19)/t7-/m0/s1. The van der Waals surface area contributed by atoms with Gasteiger partial charge in [-0.3, -0.25) is 9.59 Å². The summed E-state index contributed by atoms with van der Waals surface area (Å²) in [5.74, 6) is -2.18. The zero-order valence-corrected chi connectivity index (χ0v) is 10.9. The fourth-order valence-corrected chi connectivity index (χ4v) is 1.76. The van der Waals surface area contributed by atoms with Crippen LogP contribution in [0.15, 0.2) is 0 Å². The van der Waals surface area contributed by atoms with Crippen LogP contribution in [0.4, 0.5) is 4.79 Å². The van der Waals surface area contributed by atoms with E-state index in [1.165, 1.54) is 4.90 Å². The van der Waals surface area contributed by atoms with E-state index < -0.39 is 23.9 Å². The lowest BCUT2D eigenvalue weighted by atomic mass is 10.1. The minimum atomic E-state index is -1.25. The number of carbonyl (C=O) groups excluding carboxylic acids is 3. The van der Waals surface area contributed by atoms with Gasteiger partial charge in [-0.25, -0.2) is 9.59 Å². The van der Waals surface area contributed by atoms with Gasteiger partial charge in [0.1, 0.15) is 12.6 Å². The monoisotopic (exact) mass is 286 g/mol. The molecule has 0 bridgehead atoms.